The Hall–Kier alpha value is -1.42. The van der Waals surface area contributed by atoms with E-state index in [0.717, 1.165) is 31.5 Å². The molecule has 22 heavy (non-hydrogen) atoms. The fraction of sp³-hybridized carbons (Fsp3) is 0.667. The van der Waals surface area contributed by atoms with Crippen LogP contribution in [0.25, 0.3) is 0 Å². The van der Waals surface area contributed by atoms with Gasteiger partial charge in [0.05, 0.1) is 5.75 Å². The summed E-state index contributed by atoms with van der Waals surface area (Å²) < 4.78 is 63.3. The van der Waals surface area contributed by atoms with Crippen molar-refractivity contribution in [3.63, 3.8) is 0 Å². The zero-order valence-corrected chi connectivity index (χ0v) is 12.5. The minimum atomic E-state index is -4.56. The third-order valence-electron chi connectivity index (χ3n) is 3.42. The van der Waals surface area contributed by atoms with Crippen LogP contribution in [0.4, 0.5) is 19.1 Å². The van der Waals surface area contributed by atoms with E-state index >= 15 is 0 Å². The third kappa shape index (κ3) is 5.09. The summed E-state index contributed by atoms with van der Waals surface area (Å²) in [6.07, 6.45) is -0.407. The highest BCUT2D eigenvalue weighted by Gasteiger charge is 2.32. The molecule has 0 bridgehead atoms. The van der Waals surface area contributed by atoms with Crippen LogP contribution in [0, 0.1) is 5.92 Å². The Labute approximate surface area is 126 Å². The highest BCUT2D eigenvalue weighted by molar-refractivity contribution is 7.89. The number of nitrogens with one attached hydrogen (secondary N) is 2. The van der Waals surface area contributed by atoms with Crippen molar-refractivity contribution in [2.75, 3.05) is 24.2 Å². The molecule has 2 N–H and O–H groups in total. The Morgan fingerprint density at radius 2 is 2.05 bits per heavy atom. The van der Waals surface area contributed by atoms with Crippen molar-refractivity contribution >= 4 is 16.0 Å². The quantitative estimate of drug-likeness (QED) is 0.789. The van der Waals surface area contributed by atoms with Crippen molar-refractivity contribution in [1.29, 1.82) is 0 Å². The van der Waals surface area contributed by atoms with Gasteiger partial charge < -0.3 is 5.32 Å². The van der Waals surface area contributed by atoms with Gasteiger partial charge in [0.25, 0.3) is 0 Å². The molecule has 6 nitrogen and oxygen atoms in total. The maximum absolute atomic E-state index is 12.5. The van der Waals surface area contributed by atoms with Gasteiger partial charge in [0.1, 0.15) is 5.69 Å². The number of anilines is 1. The van der Waals surface area contributed by atoms with Crippen molar-refractivity contribution in [2.24, 2.45) is 5.92 Å². The largest absolute Gasteiger partial charge is 0.433 e. The average molecular weight is 338 g/mol. The number of sulfonamides is 1. The summed E-state index contributed by atoms with van der Waals surface area (Å²) in [5.74, 6) is -0.0992. The molecular formula is C12H17F3N4O2S. The number of aromatic nitrogens is 2. The molecule has 0 aliphatic heterocycles. The van der Waals surface area contributed by atoms with Gasteiger partial charge in [-0.3, -0.25) is 0 Å². The fourth-order valence-corrected chi connectivity index (χ4v) is 2.92. The van der Waals surface area contributed by atoms with Gasteiger partial charge in [-0.05, 0) is 24.8 Å². The molecule has 1 aliphatic carbocycles. The van der Waals surface area contributed by atoms with Gasteiger partial charge >= 0.3 is 6.18 Å². The van der Waals surface area contributed by atoms with Crippen molar-refractivity contribution in [3.05, 3.63) is 18.0 Å². The lowest BCUT2D eigenvalue weighted by molar-refractivity contribution is -0.141. The maximum atomic E-state index is 12.5. The van der Waals surface area contributed by atoms with Crippen LogP contribution < -0.4 is 10.0 Å². The molecule has 0 aromatic carbocycles. The summed E-state index contributed by atoms with van der Waals surface area (Å²) in [4.78, 5) is 6.93. The zero-order valence-electron chi connectivity index (χ0n) is 11.7. The molecule has 0 radical (unpaired) electrons. The first-order valence-corrected chi connectivity index (χ1v) is 8.53. The van der Waals surface area contributed by atoms with Crippen molar-refractivity contribution in [1.82, 2.24) is 14.7 Å². The van der Waals surface area contributed by atoms with Crippen molar-refractivity contribution in [3.8, 4) is 0 Å². The van der Waals surface area contributed by atoms with Gasteiger partial charge in [0, 0.05) is 19.3 Å². The van der Waals surface area contributed by atoms with Gasteiger partial charge in [-0.1, -0.05) is 6.42 Å². The molecule has 1 heterocycles. The van der Waals surface area contributed by atoms with Crippen molar-refractivity contribution < 1.29 is 21.6 Å². The second-order valence-corrected chi connectivity index (χ2v) is 7.08. The van der Waals surface area contributed by atoms with Crippen LogP contribution in [-0.2, 0) is 16.2 Å². The molecule has 1 aromatic heterocycles. The summed E-state index contributed by atoms with van der Waals surface area (Å²) in [5, 5.41) is 2.49. The van der Waals surface area contributed by atoms with Crippen LogP contribution in [0.3, 0.4) is 0 Å². The number of nitrogens with zero attached hydrogens (tertiary/aromatic N) is 2. The Morgan fingerprint density at radius 3 is 2.64 bits per heavy atom. The van der Waals surface area contributed by atoms with E-state index in [1.165, 1.54) is 0 Å². The highest BCUT2D eigenvalue weighted by Crippen LogP contribution is 2.27. The number of halogens is 3. The second-order valence-electron chi connectivity index (χ2n) is 5.15. The molecule has 0 saturated heterocycles. The number of rotatable bonds is 7. The standard InChI is InChI=1S/C12H17F3N4O2S/c13-12(14,15)10-4-5-16-11(19-10)17-6-7-22(20,21)18-8-9-2-1-3-9/h4-5,9,18H,1-3,6-8H2,(H,16,17,19). The lowest BCUT2D eigenvalue weighted by atomic mass is 9.86. The number of hydrogen-bond donors (Lipinski definition) is 2. The monoisotopic (exact) mass is 338 g/mol. The second kappa shape index (κ2) is 6.78. The maximum Gasteiger partial charge on any atom is 0.433 e. The van der Waals surface area contributed by atoms with Crippen LogP contribution in [-0.4, -0.2) is 37.2 Å². The predicted octanol–water partition coefficient (Wildman–Crippen LogP) is 1.63. The zero-order chi connectivity index (χ0) is 16.2. The molecule has 0 spiro atoms. The number of alkyl halides is 3. The predicted molar refractivity (Wildman–Crippen MR) is 74.7 cm³/mol. The van der Waals surface area contributed by atoms with E-state index in [2.05, 4.69) is 20.0 Å². The summed E-state index contributed by atoms with van der Waals surface area (Å²) >= 11 is 0. The first-order valence-electron chi connectivity index (χ1n) is 6.88. The van der Waals surface area contributed by atoms with E-state index in [-0.39, 0.29) is 18.2 Å². The molecule has 0 amide bonds. The van der Waals surface area contributed by atoms with Gasteiger partial charge in [0.15, 0.2) is 0 Å². The molecule has 124 valence electrons. The molecule has 0 unspecified atom stereocenters. The van der Waals surface area contributed by atoms with Crippen LogP contribution in [0.2, 0.25) is 0 Å². The molecular weight excluding hydrogens is 321 g/mol. The van der Waals surface area contributed by atoms with E-state index in [0.29, 0.717) is 12.5 Å². The lowest BCUT2D eigenvalue weighted by Gasteiger charge is -2.25. The highest BCUT2D eigenvalue weighted by atomic mass is 32.2. The van der Waals surface area contributed by atoms with Crippen LogP contribution >= 0.6 is 0 Å². The summed E-state index contributed by atoms with van der Waals surface area (Å²) in [6, 6.07) is 0.752. The molecule has 0 atom stereocenters. The molecule has 1 fully saturated rings. The summed E-state index contributed by atoms with van der Waals surface area (Å²) in [7, 11) is -3.45. The molecule has 1 aliphatic rings. The Bertz CT molecular complexity index is 603. The molecule has 10 heteroatoms. The number of hydrogen-bond acceptors (Lipinski definition) is 5. The minimum absolute atomic E-state index is 0.0681. The van der Waals surface area contributed by atoms with E-state index in [9.17, 15) is 21.6 Å². The fourth-order valence-electron chi connectivity index (χ4n) is 1.91. The van der Waals surface area contributed by atoms with E-state index in [1.54, 1.807) is 0 Å². The summed E-state index contributed by atoms with van der Waals surface area (Å²) in [5.41, 5.74) is -1.07. The van der Waals surface area contributed by atoms with Crippen LogP contribution in [0.15, 0.2) is 12.3 Å². The topological polar surface area (TPSA) is 84.0 Å². The molecule has 1 saturated carbocycles. The van der Waals surface area contributed by atoms with Crippen LogP contribution in [0.1, 0.15) is 25.0 Å². The average Bonchev–Trinajstić information content (AvgIpc) is 2.36. The van der Waals surface area contributed by atoms with E-state index < -0.39 is 21.9 Å². The van der Waals surface area contributed by atoms with Gasteiger partial charge in [-0.2, -0.15) is 13.2 Å². The first-order chi connectivity index (χ1) is 10.3. The molecule has 2 rings (SSSR count). The normalized spacial score (nSPS) is 16.3. The Morgan fingerprint density at radius 1 is 1.32 bits per heavy atom. The van der Waals surface area contributed by atoms with Gasteiger partial charge in [0.2, 0.25) is 16.0 Å². The first kappa shape index (κ1) is 16.9. The minimum Gasteiger partial charge on any atom is -0.353 e. The Balaban J connectivity index is 1.80. The smallest absolute Gasteiger partial charge is 0.353 e. The van der Waals surface area contributed by atoms with Gasteiger partial charge in [-0.15, -0.1) is 0 Å². The SMILES string of the molecule is O=S(=O)(CCNc1nccc(C(F)(F)F)n1)NCC1CCC1. The van der Waals surface area contributed by atoms with Crippen LogP contribution in [0.5, 0.6) is 0 Å². The Kier molecular flexibility index (Phi) is 5.22. The van der Waals surface area contributed by atoms with Crippen molar-refractivity contribution in [2.45, 2.75) is 25.4 Å². The van der Waals surface area contributed by atoms with E-state index in [4.69, 9.17) is 0 Å². The van der Waals surface area contributed by atoms with Gasteiger partial charge in [-0.25, -0.2) is 23.1 Å². The third-order valence-corrected chi connectivity index (χ3v) is 4.76. The van der Waals surface area contributed by atoms with E-state index in [1.807, 2.05) is 0 Å². The molecule has 1 aromatic rings. The lowest BCUT2D eigenvalue weighted by Crippen LogP contribution is -2.35. The summed E-state index contributed by atoms with van der Waals surface area (Å²) in [6.45, 7) is 0.351.